The number of aryl methyl sites for hydroxylation is 1. The summed E-state index contributed by atoms with van der Waals surface area (Å²) >= 11 is 5.53. The molecule has 1 unspecified atom stereocenters. The molecule has 0 saturated heterocycles. The first-order valence-electron chi connectivity index (χ1n) is 6.14. The average molecular weight is 321 g/mol. The van der Waals surface area contributed by atoms with E-state index in [1.54, 1.807) is 0 Å². The summed E-state index contributed by atoms with van der Waals surface area (Å²) in [6.45, 7) is 4.34. The third-order valence-corrected chi connectivity index (χ3v) is 4.57. The Morgan fingerprint density at radius 2 is 1.78 bits per heavy atom. The zero-order valence-corrected chi connectivity index (χ0v) is 13.1. The Morgan fingerprint density at radius 1 is 1.06 bits per heavy atom. The Hall–Kier alpha value is -0.730. The molecule has 18 heavy (non-hydrogen) atoms. The highest BCUT2D eigenvalue weighted by atomic mass is 79.9. The lowest BCUT2D eigenvalue weighted by molar-refractivity contribution is 1.14. The monoisotopic (exact) mass is 320 g/mol. The van der Waals surface area contributed by atoms with Crippen molar-refractivity contribution >= 4 is 27.7 Å². The van der Waals surface area contributed by atoms with Gasteiger partial charge >= 0.3 is 0 Å². The summed E-state index contributed by atoms with van der Waals surface area (Å²) < 4.78 is 1.15. The van der Waals surface area contributed by atoms with E-state index in [2.05, 4.69) is 78.3 Å². The van der Waals surface area contributed by atoms with E-state index in [0.717, 1.165) is 10.2 Å². The largest absolute Gasteiger partial charge is 0.149 e. The second-order valence-electron chi connectivity index (χ2n) is 4.30. The molecule has 0 aliphatic rings. The van der Waals surface area contributed by atoms with Crippen molar-refractivity contribution in [2.75, 3.05) is 5.75 Å². The molecular weight excluding hydrogens is 304 g/mol. The molecule has 2 heteroatoms. The van der Waals surface area contributed by atoms with E-state index in [0.29, 0.717) is 5.25 Å². The molecular formula is C16H17BrS. The molecule has 0 bridgehead atoms. The summed E-state index contributed by atoms with van der Waals surface area (Å²) in [5.74, 6) is 1.12. The second kappa shape index (κ2) is 6.44. The van der Waals surface area contributed by atoms with Crippen LogP contribution in [0, 0.1) is 6.92 Å². The first-order chi connectivity index (χ1) is 8.70. The zero-order chi connectivity index (χ0) is 13.0. The minimum absolute atomic E-state index is 0.424. The molecule has 2 rings (SSSR count). The lowest BCUT2D eigenvalue weighted by Gasteiger charge is -2.17. The first-order valence-corrected chi connectivity index (χ1v) is 7.98. The van der Waals surface area contributed by atoms with Gasteiger partial charge in [-0.05, 0) is 35.9 Å². The van der Waals surface area contributed by atoms with Crippen molar-refractivity contribution in [1.82, 2.24) is 0 Å². The van der Waals surface area contributed by atoms with Crippen molar-refractivity contribution in [2.24, 2.45) is 0 Å². The van der Waals surface area contributed by atoms with Crippen LogP contribution in [0.25, 0.3) is 0 Å². The number of hydrogen-bond acceptors (Lipinski definition) is 1. The maximum atomic E-state index is 3.56. The van der Waals surface area contributed by atoms with Crippen LogP contribution in [0.5, 0.6) is 0 Å². The van der Waals surface area contributed by atoms with E-state index in [1.807, 2.05) is 11.8 Å². The lowest BCUT2D eigenvalue weighted by atomic mass is 10.0. The van der Waals surface area contributed by atoms with Gasteiger partial charge in [0.1, 0.15) is 0 Å². The van der Waals surface area contributed by atoms with Crippen molar-refractivity contribution in [2.45, 2.75) is 19.1 Å². The number of rotatable bonds is 4. The van der Waals surface area contributed by atoms with Crippen molar-refractivity contribution < 1.29 is 0 Å². The average Bonchev–Trinajstić information content (AvgIpc) is 2.37. The summed E-state index contributed by atoms with van der Waals surface area (Å²) in [5, 5.41) is 0.424. The number of benzene rings is 2. The number of halogens is 1. The Labute approximate surface area is 122 Å². The molecule has 94 valence electrons. The predicted octanol–water partition coefficient (Wildman–Crippen LogP) is 5.60. The first kappa shape index (κ1) is 13.7. The Bertz CT molecular complexity index is 505. The molecule has 0 N–H and O–H groups in total. The smallest absolute Gasteiger partial charge is 0.0546 e. The Kier molecular flexibility index (Phi) is 4.90. The molecule has 0 nitrogen and oxygen atoms in total. The van der Waals surface area contributed by atoms with Gasteiger partial charge in [-0.15, -0.1) is 11.8 Å². The summed E-state index contributed by atoms with van der Waals surface area (Å²) in [5.41, 5.74) is 4.05. The molecule has 0 saturated carbocycles. The lowest BCUT2D eigenvalue weighted by Crippen LogP contribution is -1.97. The number of thioether (sulfide) groups is 1. The van der Waals surface area contributed by atoms with Gasteiger partial charge in [-0.2, -0.15) is 0 Å². The van der Waals surface area contributed by atoms with Gasteiger partial charge in [-0.25, -0.2) is 0 Å². The molecule has 1 atom stereocenters. The molecule has 0 heterocycles. The van der Waals surface area contributed by atoms with Crippen LogP contribution >= 0.6 is 27.7 Å². The fourth-order valence-corrected chi connectivity index (χ4v) is 3.40. The minimum atomic E-state index is 0.424. The van der Waals surface area contributed by atoms with Gasteiger partial charge in [-0.3, -0.25) is 0 Å². The molecule has 2 aromatic carbocycles. The SMILES string of the molecule is CCSC(c1ccc(C)cc1)c1cccc(Br)c1. The highest BCUT2D eigenvalue weighted by Crippen LogP contribution is 2.36. The van der Waals surface area contributed by atoms with Gasteiger partial charge in [0.05, 0.1) is 5.25 Å². The van der Waals surface area contributed by atoms with Crippen molar-refractivity contribution in [3.63, 3.8) is 0 Å². The van der Waals surface area contributed by atoms with Crippen LogP contribution in [0.2, 0.25) is 0 Å². The van der Waals surface area contributed by atoms with Crippen LogP contribution < -0.4 is 0 Å². The molecule has 2 aromatic rings. The Balaban J connectivity index is 2.36. The van der Waals surface area contributed by atoms with Crippen LogP contribution in [-0.4, -0.2) is 5.75 Å². The quantitative estimate of drug-likeness (QED) is 0.706. The van der Waals surface area contributed by atoms with Gasteiger partial charge in [-0.1, -0.05) is 64.8 Å². The molecule has 0 spiro atoms. The fourth-order valence-electron chi connectivity index (χ4n) is 1.96. The predicted molar refractivity (Wildman–Crippen MR) is 85.3 cm³/mol. The molecule has 0 aromatic heterocycles. The van der Waals surface area contributed by atoms with Crippen LogP contribution in [0.15, 0.2) is 53.0 Å². The van der Waals surface area contributed by atoms with E-state index in [4.69, 9.17) is 0 Å². The number of hydrogen-bond donors (Lipinski definition) is 0. The van der Waals surface area contributed by atoms with Crippen molar-refractivity contribution in [1.29, 1.82) is 0 Å². The summed E-state index contributed by atoms with van der Waals surface area (Å²) in [6, 6.07) is 17.5. The minimum Gasteiger partial charge on any atom is -0.149 e. The highest BCUT2D eigenvalue weighted by molar-refractivity contribution is 9.10. The van der Waals surface area contributed by atoms with Crippen LogP contribution in [0.1, 0.15) is 28.9 Å². The highest BCUT2D eigenvalue weighted by Gasteiger charge is 2.13. The van der Waals surface area contributed by atoms with E-state index in [9.17, 15) is 0 Å². The van der Waals surface area contributed by atoms with E-state index >= 15 is 0 Å². The second-order valence-corrected chi connectivity index (χ2v) is 6.60. The standard InChI is InChI=1S/C16H17BrS/c1-3-18-16(13-9-7-12(2)8-10-13)14-5-4-6-15(17)11-14/h4-11,16H,3H2,1-2H3. The molecule has 0 fully saturated rings. The van der Waals surface area contributed by atoms with E-state index < -0.39 is 0 Å². The fraction of sp³-hybridized carbons (Fsp3) is 0.250. The topological polar surface area (TPSA) is 0 Å². The van der Waals surface area contributed by atoms with E-state index in [1.165, 1.54) is 16.7 Å². The van der Waals surface area contributed by atoms with Gasteiger partial charge in [0.2, 0.25) is 0 Å². The third-order valence-electron chi connectivity index (χ3n) is 2.86. The maximum Gasteiger partial charge on any atom is 0.0546 e. The zero-order valence-electron chi connectivity index (χ0n) is 10.7. The maximum absolute atomic E-state index is 3.56. The molecule has 0 radical (unpaired) electrons. The molecule has 0 aliphatic heterocycles. The van der Waals surface area contributed by atoms with Gasteiger partial charge in [0, 0.05) is 4.47 Å². The van der Waals surface area contributed by atoms with Crippen LogP contribution in [0.4, 0.5) is 0 Å². The third kappa shape index (κ3) is 3.39. The molecule has 0 aliphatic carbocycles. The van der Waals surface area contributed by atoms with Gasteiger partial charge < -0.3 is 0 Å². The molecule has 0 amide bonds. The van der Waals surface area contributed by atoms with E-state index in [-0.39, 0.29) is 0 Å². The van der Waals surface area contributed by atoms with Crippen molar-refractivity contribution in [3.8, 4) is 0 Å². The van der Waals surface area contributed by atoms with Crippen LogP contribution in [0.3, 0.4) is 0 Å². The summed E-state index contributed by atoms with van der Waals surface area (Å²) in [6.07, 6.45) is 0. The van der Waals surface area contributed by atoms with Crippen LogP contribution in [-0.2, 0) is 0 Å². The van der Waals surface area contributed by atoms with Gasteiger partial charge in [0.25, 0.3) is 0 Å². The van der Waals surface area contributed by atoms with Gasteiger partial charge in [0.15, 0.2) is 0 Å². The Morgan fingerprint density at radius 3 is 2.39 bits per heavy atom. The van der Waals surface area contributed by atoms with Crippen molar-refractivity contribution in [3.05, 3.63) is 69.7 Å². The summed E-state index contributed by atoms with van der Waals surface area (Å²) in [4.78, 5) is 0. The normalized spacial score (nSPS) is 12.4. The summed E-state index contributed by atoms with van der Waals surface area (Å²) in [7, 11) is 0.